The van der Waals surface area contributed by atoms with Crippen LogP contribution in [-0.2, 0) is 18.9 Å². The summed E-state index contributed by atoms with van der Waals surface area (Å²) in [4.78, 5) is 0. The van der Waals surface area contributed by atoms with E-state index in [4.69, 9.17) is 51.4 Å². The zero-order valence-corrected chi connectivity index (χ0v) is 15.7. The first-order valence-electron chi connectivity index (χ1n) is 8.64. The Morgan fingerprint density at radius 2 is 1.25 bits per heavy atom. The van der Waals surface area contributed by atoms with Crippen molar-refractivity contribution in [2.75, 3.05) is 39.6 Å². The summed E-state index contributed by atoms with van der Waals surface area (Å²) in [6, 6.07) is 3.96. The highest BCUT2D eigenvalue weighted by molar-refractivity contribution is 5.79. The molecule has 0 spiro atoms. The van der Waals surface area contributed by atoms with Crippen LogP contribution in [-0.4, -0.2) is 73.9 Å². The molecule has 0 aromatic carbocycles. The molecule has 6 N–H and O–H groups in total. The monoisotopic (exact) mass is 400 g/mol. The Balaban J connectivity index is 4.81. The zero-order valence-electron chi connectivity index (χ0n) is 15.7. The Morgan fingerprint density at radius 3 is 1.79 bits per heavy atom. The lowest BCUT2D eigenvalue weighted by molar-refractivity contribution is -0.124. The molecule has 0 fully saturated rings. The van der Waals surface area contributed by atoms with Gasteiger partial charge >= 0.3 is 0 Å². The second kappa shape index (κ2) is 17.8. The smallest absolute Gasteiger partial charge is 0.141 e. The fourth-order valence-corrected chi connectivity index (χ4v) is 1.89. The molecule has 0 saturated heterocycles. The molecule has 12 nitrogen and oxygen atoms in total. The van der Waals surface area contributed by atoms with Crippen molar-refractivity contribution >= 4 is 11.7 Å². The van der Waals surface area contributed by atoms with Crippen molar-refractivity contribution in [3.05, 3.63) is 0 Å². The Hall–Kier alpha value is -2.64. The van der Waals surface area contributed by atoms with Gasteiger partial charge in [0.25, 0.3) is 0 Å². The van der Waals surface area contributed by atoms with Gasteiger partial charge in [-0.3, -0.25) is 0 Å². The van der Waals surface area contributed by atoms with Crippen LogP contribution in [0.4, 0.5) is 0 Å². The van der Waals surface area contributed by atoms with Gasteiger partial charge in [0.1, 0.15) is 23.9 Å². The summed E-state index contributed by atoms with van der Waals surface area (Å²) in [6.07, 6.45) is -0.308. The highest BCUT2D eigenvalue weighted by Crippen LogP contribution is 2.09. The van der Waals surface area contributed by atoms with Crippen molar-refractivity contribution < 1.29 is 29.4 Å². The van der Waals surface area contributed by atoms with E-state index in [2.05, 4.69) is 10.3 Å². The largest absolute Gasteiger partial charge is 0.409 e. The topological polar surface area (TPSA) is 202 Å². The molecule has 0 saturated carbocycles. The second-order valence-corrected chi connectivity index (χ2v) is 5.47. The van der Waals surface area contributed by atoms with Crippen molar-refractivity contribution in [2.24, 2.45) is 21.8 Å². The van der Waals surface area contributed by atoms with Crippen LogP contribution in [0.5, 0.6) is 0 Å². The maximum atomic E-state index is 8.69. The normalized spacial score (nSPS) is 14.2. The van der Waals surface area contributed by atoms with Gasteiger partial charge in [0, 0.05) is 12.8 Å². The molecule has 0 heterocycles. The number of ether oxygens (including phenoxy) is 4. The van der Waals surface area contributed by atoms with Crippen molar-refractivity contribution in [1.82, 2.24) is 0 Å². The summed E-state index contributed by atoms with van der Waals surface area (Å²) >= 11 is 0. The molecule has 0 bridgehead atoms. The standard InChI is InChI=1S/C16H28N6O6/c17-5-1-7-25-11-13(27-8-2-6-18)14(28-10-4-16(20)22-24)12-26-9-3-15(19)21-23/h13-14,23-24H,1-4,7-12H2,(H2,19,21)(H2,20,22). The van der Waals surface area contributed by atoms with Crippen molar-refractivity contribution in [3.63, 3.8) is 0 Å². The van der Waals surface area contributed by atoms with Gasteiger partial charge in [0.05, 0.1) is 64.6 Å². The number of nitriles is 2. The molecule has 0 aliphatic heterocycles. The lowest BCUT2D eigenvalue weighted by atomic mass is 10.2. The predicted octanol–water partition coefficient (Wildman–Crippen LogP) is -0.110. The highest BCUT2D eigenvalue weighted by atomic mass is 16.6. The quantitative estimate of drug-likeness (QED) is 0.0838. The van der Waals surface area contributed by atoms with Crippen molar-refractivity contribution in [1.29, 1.82) is 10.5 Å². The van der Waals surface area contributed by atoms with Crippen LogP contribution in [0.2, 0.25) is 0 Å². The molecular weight excluding hydrogens is 372 g/mol. The van der Waals surface area contributed by atoms with Crippen molar-refractivity contribution in [3.8, 4) is 12.1 Å². The van der Waals surface area contributed by atoms with Crippen LogP contribution in [0.1, 0.15) is 25.7 Å². The van der Waals surface area contributed by atoms with Gasteiger partial charge in [0.2, 0.25) is 0 Å². The average Bonchev–Trinajstić information content (AvgIpc) is 2.71. The van der Waals surface area contributed by atoms with E-state index in [1.165, 1.54) is 0 Å². The van der Waals surface area contributed by atoms with E-state index in [0.717, 1.165) is 0 Å². The summed E-state index contributed by atoms with van der Waals surface area (Å²) in [5.74, 6) is 0.0462. The van der Waals surface area contributed by atoms with E-state index < -0.39 is 12.2 Å². The first-order chi connectivity index (χ1) is 13.6. The number of nitrogens with two attached hydrogens (primary N) is 2. The highest BCUT2D eigenvalue weighted by Gasteiger charge is 2.24. The maximum absolute atomic E-state index is 8.69. The molecule has 0 aliphatic carbocycles. The summed E-state index contributed by atoms with van der Waals surface area (Å²) < 4.78 is 22.3. The van der Waals surface area contributed by atoms with E-state index in [1.54, 1.807) is 0 Å². The van der Waals surface area contributed by atoms with Gasteiger partial charge in [-0.15, -0.1) is 0 Å². The number of hydrogen-bond acceptors (Lipinski definition) is 10. The molecule has 0 aromatic rings. The Kier molecular flexibility index (Phi) is 16.1. The Labute approximate surface area is 163 Å². The molecule has 0 aliphatic rings. The summed E-state index contributed by atoms with van der Waals surface area (Å²) in [5.41, 5.74) is 10.8. The number of rotatable bonds is 17. The molecule has 0 radical (unpaired) electrons. The lowest BCUT2D eigenvalue weighted by Crippen LogP contribution is -2.40. The minimum Gasteiger partial charge on any atom is -0.409 e. The second-order valence-electron chi connectivity index (χ2n) is 5.47. The molecule has 2 atom stereocenters. The Morgan fingerprint density at radius 1 is 0.786 bits per heavy atom. The fourth-order valence-electron chi connectivity index (χ4n) is 1.89. The minimum atomic E-state index is -0.584. The third-order valence-electron chi connectivity index (χ3n) is 3.33. The van der Waals surface area contributed by atoms with Crippen LogP contribution >= 0.6 is 0 Å². The summed E-state index contributed by atoms with van der Waals surface area (Å²) in [6.45, 7) is 0.970. The predicted molar refractivity (Wildman–Crippen MR) is 97.6 cm³/mol. The van der Waals surface area contributed by atoms with E-state index >= 15 is 0 Å². The molecule has 0 amide bonds. The SMILES string of the molecule is N#CCCOCC(OCCC#N)C(COCCC(N)=NO)OCCC(N)=NO. The van der Waals surface area contributed by atoms with Crippen LogP contribution < -0.4 is 11.5 Å². The Bertz CT molecular complexity index is 545. The van der Waals surface area contributed by atoms with Gasteiger partial charge in [0.15, 0.2) is 0 Å². The molecular formula is C16H28N6O6. The fraction of sp³-hybridized carbons (Fsp3) is 0.750. The van der Waals surface area contributed by atoms with E-state index in [-0.39, 0.29) is 77.0 Å². The zero-order chi connectivity index (χ0) is 21.0. The molecule has 158 valence electrons. The van der Waals surface area contributed by atoms with Crippen molar-refractivity contribution in [2.45, 2.75) is 37.9 Å². The van der Waals surface area contributed by atoms with Gasteiger partial charge in [-0.05, 0) is 0 Å². The number of nitrogens with zero attached hydrogens (tertiary/aromatic N) is 4. The van der Waals surface area contributed by atoms with Gasteiger partial charge in [-0.1, -0.05) is 10.3 Å². The van der Waals surface area contributed by atoms with Gasteiger partial charge < -0.3 is 40.8 Å². The summed E-state index contributed by atoms with van der Waals surface area (Å²) in [5, 5.41) is 40.2. The third-order valence-corrected chi connectivity index (χ3v) is 3.33. The number of amidine groups is 2. The summed E-state index contributed by atoms with van der Waals surface area (Å²) in [7, 11) is 0. The molecule has 12 heteroatoms. The average molecular weight is 400 g/mol. The van der Waals surface area contributed by atoms with Crippen LogP contribution in [0, 0.1) is 22.7 Å². The molecule has 0 aromatic heterocycles. The lowest BCUT2D eigenvalue weighted by Gasteiger charge is -2.27. The number of hydrogen-bond donors (Lipinski definition) is 4. The molecule has 28 heavy (non-hydrogen) atoms. The molecule has 0 rings (SSSR count). The first-order valence-corrected chi connectivity index (χ1v) is 8.64. The van der Waals surface area contributed by atoms with E-state index in [0.29, 0.717) is 0 Å². The molecule has 2 unspecified atom stereocenters. The van der Waals surface area contributed by atoms with E-state index in [9.17, 15) is 0 Å². The minimum absolute atomic E-state index is 0.0128. The first kappa shape index (κ1) is 25.4. The maximum Gasteiger partial charge on any atom is 0.141 e. The van der Waals surface area contributed by atoms with Crippen LogP contribution in [0.3, 0.4) is 0 Å². The van der Waals surface area contributed by atoms with Crippen LogP contribution in [0.25, 0.3) is 0 Å². The van der Waals surface area contributed by atoms with Gasteiger partial charge in [-0.2, -0.15) is 10.5 Å². The number of oxime groups is 2. The third kappa shape index (κ3) is 13.5. The van der Waals surface area contributed by atoms with Gasteiger partial charge in [-0.25, -0.2) is 0 Å². The van der Waals surface area contributed by atoms with E-state index in [1.807, 2.05) is 12.1 Å². The van der Waals surface area contributed by atoms with Crippen LogP contribution in [0.15, 0.2) is 10.3 Å².